The Labute approximate surface area is 139 Å². The van der Waals surface area contributed by atoms with E-state index in [4.69, 9.17) is 5.26 Å². The van der Waals surface area contributed by atoms with E-state index in [0.29, 0.717) is 11.1 Å². The van der Waals surface area contributed by atoms with Crippen molar-refractivity contribution in [1.82, 2.24) is 20.1 Å². The normalized spacial score (nSPS) is 11.5. The first-order valence-corrected chi connectivity index (χ1v) is 7.43. The Bertz CT molecular complexity index is 861. The number of hydrogen-bond acceptors (Lipinski definition) is 4. The molecular weight excluding hydrogens is 302 g/mol. The van der Waals surface area contributed by atoms with Crippen molar-refractivity contribution in [3.8, 4) is 11.8 Å². The van der Waals surface area contributed by atoms with Crippen LogP contribution < -0.4 is 5.32 Å². The molecule has 0 bridgehead atoms. The molecule has 0 saturated carbocycles. The van der Waals surface area contributed by atoms with Gasteiger partial charge in [-0.2, -0.15) is 10.4 Å². The largest absolute Gasteiger partial charge is 0.346 e. The second-order valence-corrected chi connectivity index (χ2v) is 5.32. The minimum absolute atomic E-state index is 0.141. The van der Waals surface area contributed by atoms with Crippen LogP contribution in [0.15, 0.2) is 61.2 Å². The fourth-order valence-electron chi connectivity index (χ4n) is 2.32. The van der Waals surface area contributed by atoms with Crippen LogP contribution in [0.3, 0.4) is 0 Å². The van der Waals surface area contributed by atoms with Crippen LogP contribution in [-0.2, 0) is 0 Å². The maximum Gasteiger partial charge on any atom is 0.251 e. The quantitative estimate of drug-likeness (QED) is 0.801. The summed E-state index contributed by atoms with van der Waals surface area (Å²) in [5.41, 5.74) is 2.95. The van der Waals surface area contributed by atoms with Gasteiger partial charge in [0, 0.05) is 5.56 Å². The van der Waals surface area contributed by atoms with Gasteiger partial charge in [-0.05, 0) is 48.9 Å². The van der Waals surface area contributed by atoms with Gasteiger partial charge in [-0.1, -0.05) is 12.1 Å². The molecule has 0 aliphatic carbocycles. The lowest BCUT2D eigenvalue weighted by Crippen LogP contribution is -2.26. The Morgan fingerprint density at radius 3 is 2.46 bits per heavy atom. The third-order valence-electron chi connectivity index (χ3n) is 3.70. The third-order valence-corrected chi connectivity index (χ3v) is 3.70. The second kappa shape index (κ2) is 6.75. The van der Waals surface area contributed by atoms with Crippen LogP contribution in [0.5, 0.6) is 0 Å². The molecule has 6 nitrogen and oxygen atoms in total. The Morgan fingerprint density at radius 2 is 1.88 bits per heavy atom. The average molecular weight is 317 g/mol. The fraction of sp³-hybridized carbons (Fsp3) is 0.111. The molecule has 3 aromatic rings. The molecule has 0 aliphatic heterocycles. The molecule has 1 aromatic heterocycles. The van der Waals surface area contributed by atoms with Crippen molar-refractivity contribution < 1.29 is 4.79 Å². The van der Waals surface area contributed by atoms with Crippen molar-refractivity contribution in [3.63, 3.8) is 0 Å². The topological polar surface area (TPSA) is 83.6 Å². The summed E-state index contributed by atoms with van der Waals surface area (Å²) >= 11 is 0. The van der Waals surface area contributed by atoms with Gasteiger partial charge in [0.2, 0.25) is 0 Å². The summed E-state index contributed by atoms with van der Waals surface area (Å²) in [7, 11) is 0. The first kappa shape index (κ1) is 15.4. The first-order valence-electron chi connectivity index (χ1n) is 7.43. The van der Waals surface area contributed by atoms with Gasteiger partial charge in [0.05, 0.1) is 23.4 Å². The number of nitrogens with one attached hydrogen (secondary N) is 1. The Kier molecular flexibility index (Phi) is 4.34. The van der Waals surface area contributed by atoms with Crippen molar-refractivity contribution in [2.75, 3.05) is 0 Å². The Balaban J connectivity index is 1.68. The van der Waals surface area contributed by atoms with Crippen LogP contribution in [0.1, 0.15) is 34.5 Å². The van der Waals surface area contributed by atoms with Crippen molar-refractivity contribution in [1.29, 1.82) is 5.26 Å². The lowest BCUT2D eigenvalue weighted by molar-refractivity contribution is 0.0940. The molecule has 0 spiro atoms. The fourth-order valence-corrected chi connectivity index (χ4v) is 2.32. The monoisotopic (exact) mass is 317 g/mol. The van der Waals surface area contributed by atoms with Gasteiger partial charge in [0.15, 0.2) is 0 Å². The molecule has 0 fully saturated rings. The van der Waals surface area contributed by atoms with Crippen LogP contribution in [-0.4, -0.2) is 20.7 Å². The molecule has 1 heterocycles. The number of hydrogen-bond donors (Lipinski definition) is 1. The van der Waals surface area contributed by atoms with E-state index >= 15 is 0 Å². The summed E-state index contributed by atoms with van der Waals surface area (Å²) in [6, 6.07) is 16.2. The van der Waals surface area contributed by atoms with Crippen molar-refractivity contribution in [2.45, 2.75) is 13.0 Å². The molecule has 1 atom stereocenters. The van der Waals surface area contributed by atoms with Crippen LogP contribution in [0.4, 0.5) is 0 Å². The maximum atomic E-state index is 12.3. The van der Waals surface area contributed by atoms with E-state index < -0.39 is 0 Å². The number of carbonyl (C=O) groups excluding carboxylic acids is 1. The molecule has 2 aromatic carbocycles. The number of nitriles is 1. The van der Waals surface area contributed by atoms with Crippen LogP contribution in [0.25, 0.3) is 5.69 Å². The predicted octanol–water partition coefficient (Wildman–Crippen LogP) is 2.63. The SMILES string of the molecule is CC(NC(=O)c1ccc(C#N)cc1)c1ccc(-n2cncn2)cc1. The first-order chi connectivity index (χ1) is 11.7. The number of nitrogens with zero attached hydrogens (tertiary/aromatic N) is 4. The number of rotatable bonds is 4. The van der Waals surface area contributed by atoms with E-state index in [-0.39, 0.29) is 11.9 Å². The van der Waals surface area contributed by atoms with Gasteiger partial charge >= 0.3 is 0 Å². The summed E-state index contributed by atoms with van der Waals surface area (Å²) in [6.45, 7) is 1.92. The average Bonchev–Trinajstić information content (AvgIpc) is 3.16. The number of amides is 1. The van der Waals surface area contributed by atoms with Gasteiger partial charge in [0.25, 0.3) is 5.91 Å². The molecule has 3 rings (SSSR count). The minimum atomic E-state index is -0.174. The molecule has 0 radical (unpaired) electrons. The van der Waals surface area contributed by atoms with Gasteiger partial charge in [-0.3, -0.25) is 4.79 Å². The Hall–Kier alpha value is -3.46. The van der Waals surface area contributed by atoms with Crippen molar-refractivity contribution >= 4 is 5.91 Å². The van der Waals surface area contributed by atoms with E-state index in [1.54, 1.807) is 35.3 Å². The number of benzene rings is 2. The summed E-state index contributed by atoms with van der Waals surface area (Å²) in [5.74, 6) is -0.174. The standard InChI is InChI=1S/C18H15N5O/c1-13(22-18(24)16-4-2-14(10-19)3-5-16)15-6-8-17(9-7-15)23-12-20-11-21-23/h2-9,11-13H,1H3,(H,22,24). The lowest BCUT2D eigenvalue weighted by atomic mass is 10.1. The molecular formula is C18H15N5O. The highest BCUT2D eigenvalue weighted by Crippen LogP contribution is 2.16. The van der Waals surface area contributed by atoms with Crippen molar-refractivity contribution in [3.05, 3.63) is 77.9 Å². The molecule has 24 heavy (non-hydrogen) atoms. The van der Waals surface area contributed by atoms with Gasteiger partial charge in [-0.15, -0.1) is 0 Å². The molecule has 6 heteroatoms. The number of carbonyl (C=O) groups is 1. The Morgan fingerprint density at radius 1 is 1.17 bits per heavy atom. The third kappa shape index (κ3) is 3.31. The highest BCUT2D eigenvalue weighted by molar-refractivity contribution is 5.94. The number of aromatic nitrogens is 3. The van der Waals surface area contributed by atoms with Crippen molar-refractivity contribution in [2.24, 2.45) is 0 Å². The van der Waals surface area contributed by atoms with Gasteiger partial charge < -0.3 is 5.32 Å². The van der Waals surface area contributed by atoms with Crippen LogP contribution in [0, 0.1) is 11.3 Å². The van der Waals surface area contributed by atoms with E-state index in [9.17, 15) is 4.79 Å². The molecule has 1 amide bonds. The van der Waals surface area contributed by atoms with E-state index in [2.05, 4.69) is 15.4 Å². The van der Waals surface area contributed by atoms with Crippen LogP contribution >= 0.6 is 0 Å². The lowest BCUT2D eigenvalue weighted by Gasteiger charge is -2.15. The summed E-state index contributed by atoms with van der Waals surface area (Å²) < 4.78 is 1.67. The maximum absolute atomic E-state index is 12.3. The summed E-state index contributed by atoms with van der Waals surface area (Å²) in [5, 5.41) is 15.8. The second-order valence-electron chi connectivity index (χ2n) is 5.32. The molecule has 1 unspecified atom stereocenters. The smallest absolute Gasteiger partial charge is 0.251 e. The van der Waals surface area contributed by atoms with E-state index in [1.807, 2.05) is 37.3 Å². The summed E-state index contributed by atoms with van der Waals surface area (Å²) in [6.07, 6.45) is 3.11. The summed E-state index contributed by atoms with van der Waals surface area (Å²) in [4.78, 5) is 16.2. The van der Waals surface area contributed by atoms with Crippen LogP contribution in [0.2, 0.25) is 0 Å². The van der Waals surface area contributed by atoms with E-state index in [1.165, 1.54) is 6.33 Å². The molecule has 0 aliphatic rings. The highest BCUT2D eigenvalue weighted by atomic mass is 16.1. The molecule has 0 saturated heterocycles. The zero-order valence-corrected chi connectivity index (χ0v) is 13.0. The van der Waals surface area contributed by atoms with Gasteiger partial charge in [0.1, 0.15) is 12.7 Å². The van der Waals surface area contributed by atoms with Gasteiger partial charge in [-0.25, -0.2) is 9.67 Å². The molecule has 1 N–H and O–H groups in total. The minimum Gasteiger partial charge on any atom is -0.346 e. The molecule has 118 valence electrons. The highest BCUT2D eigenvalue weighted by Gasteiger charge is 2.11. The predicted molar refractivity (Wildman–Crippen MR) is 88.4 cm³/mol. The zero-order valence-electron chi connectivity index (χ0n) is 13.0. The van der Waals surface area contributed by atoms with E-state index in [0.717, 1.165) is 11.3 Å². The zero-order chi connectivity index (χ0) is 16.9.